The zero-order chi connectivity index (χ0) is 32.2. The van der Waals surface area contributed by atoms with E-state index in [-0.39, 0.29) is 83.3 Å². The van der Waals surface area contributed by atoms with Gasteiger partial charge in [-0.2, -0.15) is 24.0 Å². The molecule has 47 heavy (non-hydrogen) atoms. The summed E-state index contributed by atoms with van der Waals surface area (Å²) in [6.45, 7) is 1.93. The summed E-state index contributed by atoms with van der Waals surface area (Å²) in [6.07, 6.45) is 2.12. The van der Waals surface area contributed by atoms with Crippen molar-refractivity contribution in [1.82, 2.24) is 20.2 Å². The first-order valence-corrected chi connectivity index (χ1v) is 17.0. The topological polar surface area (TPSA) is 113 Å². The second kappa shape index (κ2) is 10.6. The number of hydrogen-bond donors (Lipinski definition) is 2. The number of halogens is 4. The van der Waals surface area contributed by atoms with E-state index in [1.165, 1.54) is 11.3 Å². The highest BCUT2D eigenvalue weighted by Crippen LogP contribution is 2.51. The quantitative estimate of drug-likeness (QED) is 0.259. The van der Waals surface area contributed by atoms with Gasteiger partial charge in [0.1, 0.15) is 35.6 Å². The summed E-state index contributed by atoms with van der Waals surface area (Å²) in [5.74, 6) is 0.0505. The Labute approximate surface area is 276 Å². The smallest absolute Gasteiger partial charge is 0.319 e. The minimum absolute atomic E-state index is 0.0211. The lowest BCUT2D eigenvalue weighted by Gasteiger charge is -2.40. The predicted molar refractivity (Wildman–Crippen MR) is 174 cm³/mol. The molecule has 5 aliphatic rings. The molecular weight excluding hydrogens is 651 g/mol. The third-order valence-corrected chi connectivity index (χ3v) is 12.0. The van der Waals surface area contributed by atoms with Crippen LogP contribution in [0.1, 0.15) is 37.7 Å². The van der Waals surface area contributed by atoms with Gasteiger partial charge in [-0.15, -0.1) is 11.3 Å². The average Bonchev–Trinajstić information content (AvgIpc) is 3.79. The van der Waals surface area contributed by atoms with Gasteiger partial charge in [0.15, 0.2) is 11.6 Å². The number of hydrogen-bond acceptors (Lipinski definition) is 10. The van der Waals surface area contributed by atoms with E-state index in [1.807, 2.05) is 11.0 Å². The van der Waals surface area contributed by atoms with Crippen molar-refractivity contribution in [3.63, 3.8) is 0 Å². The van der Waals surface area contributed by atoms with Crippen LogP contribution in [-0.4, -0.2) is 71.4 Å². The summed E-state index contributed by atoms with van der Waals surface area (Å²) in [5.41, 5.74) is 6.42. The van der Waals surface area contributed by atoms with E-state index in [0.29, 0.717) is 46.7 Å². The van der Waals surface area contributed by atoms with Crippen LogP contribution in [-0.2, 0) is 0 Å². The van der Waals surface area contributed by atoms with Gasteiger partial charge in [-0.3, -0.25) is 4.90 Å². The molecule has 0 saturated carbocycles. The van der Waals surface area contributed by atoms with Gasteiger partial charge < -0.3 is 25.4 Å². The van der Waals surface area contributed by atoms with Gasteiger partial charge in [-0.1, -0.05) is 23.7 Å². The number of aromatic nitrogens is 2. The van der Waals surface area contributed by atoms with Crippen LogP contribution in [0, 0.1) is 17.1 Å². The number of nitrogens with zero attached hydrogens (tertiary/aromatic N) is 5. The predicted octanol–water partition coefficient (Wildman–Crippen LogP) is 6.23. The molecule has 4 aromatic rings. The summed E-state index contributed by atoms with van der Waals surface area (Å²) < 4.78 is 58.0. The lowest BCUT2D eigenvalue weighted by Crippen LogP contribution is -2.60. The normalized spacial score (nSPS) is 26.3. The minimum atomic E-state index is -1.64. The van der Waals surface area contributed by atoms with E-state index in [1.54, 1.807) is 12.1 Å². The minimum Gasteiger partial charge on any atom is -0.489 e. The fourth-order valence-corrected chi connectivity index (χ4v) is 9.82. The summed E-state index contributed by atoms with van der Waals surface area (Å²) >= 11 is 8.35. The molecule has 2 aromatic heterocycles. The van der Waals surface area contributed by atoms with Gasteiger partial charge in [-0.25, -0.2) is 4.39 Å². The third kappa shape index (κ3) is 4.27. The van der Waals surface area contributed by atoms with Crippen LogP contribution >= 0.6 is 22.9 Å². The number of benzene rings is 2. The molecular formula is C33H29ClF3N7O2S. The first-order chi connectivity index (χ1) is 22.8. The van der Waals surface area contributed by atoms with E-state index < -0.39 is 17.4 Å². The molecule has 242 valence electrons. The standard InChI is InChI=1S/C33H29ClF3N7O2S/c34-25-23(17-3-1-4-21-22(17)18(10-38)30(39)47-21)26(35)27-24-28(25)45-13-20-19-6-5-16(40-19)12-44(20)31(24)42-32(41-27)46-14-33-7-2-8-43(33)11-15(9-33)29(36)37/h1,3-4,16,19-20,40H,2,5-9,11-14,39H2. The number of nitrogens with one attached hydrogen (secondary N) is 1. The molecule has 3 N–H and O–H groups in total. The molecule has 14 heteroatoms. The zero-order valence-electron chi connectivity index (χ0n) is 25.1. The van der Waals surface area contributed by atoms with Crippen LogP contribution in [0.5, 0.6) is 11.8 Å². The molecule has 9 nitrogen and oxygen atoms in total. The van der Waals surface area contributed by atoms with E-state index in [0.717, 1.165) is 24.0 Å². The number of thiophene rings is 1. The Bertz CT molecular complexity index is 2080. The number of ether oxygens (including phenoxy) is 2. The maximum atomic E-state index is 17.2. The average molecular weight is 680 g/mol. The van der Waals surface area contributed by atoms with E-state index in [4.69, 9.17) is 31.8 Å². The lowest BCUT2D eigenvalue weighted by molar-refractivity contribution is 0.108. The third-order valence-electron chi connectivity index (χ3n) is 10.7. The van der Waals surface area contributed by atoms with Crippen molar-refractivity contribution < 1.29 is 22.6 Å². The first kappa shape index (κ1) is 29.3. The Balaban J connectivity index is 1.24. The zero-order valence-corrected chi connectivity index (χ0v) is 26.7. The highest BCUT2D eigenvalue weighted by atomic mass is 35.5. The van der Waals surface area contributed by atoms with Gasteiger partial charge >= 0.3 is 6.01 Å². The summed E-state index contributed by atoms with van der Waals surface area (Å²) in [7, 11) is 0. The molecule has 2 aromatic carbocycles. The highest BCUT2D eigenvalue weighted by molar-refractivity contribution is 7.23. The fraction of sp³-hybridized carbons (Fsp3) is 0.424. The Hall–Kier alpha value is -3.83. The fourth-order valence-electron chi connectivity index (χ4n) is 8.54. The molecule has 0 spiro atoms. The van der Waals surface area contributed by atoms with Crippen molar-refractivity contribution in [1.29, 1.82) is 5.26 Å². The van der Waals surface area contributed by atoms with Gasteiger partial charge in [0.2, 0.25) is 0 Å². The molecule has 5 aliphatic heterocycles. The van der Waals surface area contributed by atoms with E-state index >= 15 is 4.39 Å². The molecule has 0 aliphatic carbocycles. The van der Waals surface area contributed by atoms with Crippen molar-refractivity contribution >= 4 is 54.7 Å². The van der Waals surface area contributed by atoms with Crippen molar-refractivity contribution in [2.45, 2.75) is 55.8 Å². The highest BCUT2D eigenvalue weighted by Gasteiger charge is 2.49. The van der Waals surface area contributed by atoms with Crippen molar-refractivity contribution in [3.05, 3.63) is 46.3 Å². The SMILES string of the molecule is N#Cc1c(N)sc2cccc(-c3c(Cl)c4c5c(nc(OCC67CCCN6CC(=C(F)F)C7)nc5c3F)N3CC5CCC(N5)C3CO4)c12. The van der Waals surface area contributed by atoms with Crippen LogP contribution in [0.2, 0.25) is 5.02 Å². The molecule has 4 saturated heterocycles. The summed E-state index contributed by atoms with van der Waals surface area (Å²) in [6, 6.07) is 7.73. The van der Waals surface area contributed by atoms with Crippen molar-refractivity contribution in [2.24, 2.45) is 0 Å². The Morgan fingerprint density at radius 1 is 1.28 bits per heavy atom. The van der Waals surface area contributed by atoms with Crippen LogP contribution in [0.3, 0.4) is 0 Å². The molecule has 9 rings (SSSR count). The van der Waals surface area contributed by atoms with Crippen LogP contribution in [0.15, 0.2) is 29.9 Å². The number of anilines is 2. The lowest BCUT2D eigenvalue weighted by atomic mass is 9.94. The second-order valence-electron chi connectivity index (χ2n) is 13.2. The van der Waals surface area contributed by atoms with Crippen molar-refractivity contribution in [3.8, 4) is 29.0 Å². The molecule has 7 heterocycles. The first-order valence-electron chi connectivity index (χ1n) is 15.8. The van der Waals surface area contributed by atoms with Gasteiger partial charge in [0.25, 0.3) is 6.08 Å². The number of nitrogen functional groups attached to an aromatic ring is 1. The van der Waals surface area contributed by atoms with Gasteiger partial charge in [0, 0.05) is 46.4 Å². The molecule has 4 fully saturated rings. The van der Waals surface area contributed by atoms with E-state index in [9.17, 15) is 14.0 Å². The monoisotopic (exact) mass is 679 g/mol. The number of rotatable bonds is 4. The number of nitriles is 1. The van der Waals surface area contributed by atoms with Crippen molar-refractivity contribution in [2.75, 3.05) is 43.5 Å². The summed E-state index contributed by atoms with van der Waals surface area (Å²) in [4.78, 5) is 13.7. The molecule has 4 unspecified atom stereocenters. The molecule has 0 radical (unpaired) electrons. The number of nitrogens with two attached hydrogens (primary N) is 1. The van der Waals surface area contributed by atoms with Gasteiger partial charge in [-0.05, 0) is 50.3 Å². The van der Waals surface area contributed by atoms with Gasteiger partial charge in [0.05, 0.1) is 27.6 Å². The second-order valence-corrected chi connectivity index (χ2v) is 14.6. The Kier molecular flexibility index (Phi) is 6.60. The Morgan fingerprint density at radius 3 is 2.98 bits per heavy atom. The molecule has 0 amide bonds. The molecule has 2 bridgehead atoms. The van der Waals surface area contributed by atoms with Crippen LogP contribution < -0.4 is 25.4 Å². The summed E-state index contributed by atoms with van der Waals surface area (Å²) in [5, 5.41) is 14.9. The molecule has 4 atom stereocenters. The number of piperazine rings is 1. The van der Waals surface area contributed by atoms with Crippen LogP contribution in [0.25, 0.3) is 32.1 Å². The maximum Gasteiger partial charge on any atom is 0.319 e. The van der Waals surface area contributed by atoms with Crippen LogP contribution in [0.4, 0.5) is 24.0 Å². The van der Waals surface area contributed by atoms with E-state index in [2.05, 4.69) is 21.3 Å². The Morgan fingerprint density at radius 2 is 2.15 bits per heavy atom. The maximum absolute atomic E-state index is 17.2. The largest absolute Gasteiger partial charge is 0.489 e. The number of fused-ring (bicyclic) bond motifs is 7.